The van der Waals surface area contributed by atoms with Crippen molar-refractivity contribution in [2.75, 3.05) is 0 Å². The quantitative estimate of drug-likeness (QED) is 0.598. The molecule has 1 aromatic rings. The van der Waals surface area contributed by atoms with Gasteiger partial charge in [-0.1, -0.05) is 0 Å². The first-order valence-corrected chi connectivity index (χ1v) is 4.17. The molecule has 1 aliphatic heterocycles. The molecular weight excluding hydrogens is 198 g/mol. The van der Waals surface area contributed by atoms with Gasteiger partial charge in [0.15, 0.2) is 0 Å². The van der Waals surface area contributed by atoms with Crippen molar-refractivity contribution in [2.24, 2.45) is 0 Å². The maximum Gasteiger partial charge on any atom is 0.264 e. The van der Waals surface area contributed by atoms with E-state index in [0.29, 0.717) is 11.8 Å². The number of ketones is 1. The zero-order chi connectivity index (χ0) is 9.59. The Hall–Kier alpha value is -1.23. The van der Waals surface area contributed by atoms with Crippen LogP contribution >= 0.6 is 11.8 Å². The zero-order valence-corrected chi connectivity index (χ0v) is 6.95. The van der Waals surface area contributed by atoms with Crippen LogP contribution in [0.2, 0.25) is 0 Å². The largest absolute Gasteiger partial charge is 0.284 e. The molecule has 66 valence electrons. The van der Waals surface area contributed by atoms with Crippen LogP contribution in [0, 0.1) is 11.6 Å². The smallest absolute Gasteiger partial charge is 0.264 e. The number of hydrogen-bond acceptors (Lipinski definition) is 3. The van der Waals surface area contributed by atoms with E-state index in [1.54, 1.807) is 0 Å². The van der Waals surface area contributed by atoms with Gasteiger partial charge in [0.1, 0.15) is 11.6 Å². The first-order valence-electron chi connectivity index (χ1n) is 3.36. The van der Waals surface area contributed by atoms with Crippen molar-refractivity contribution in [3.05, 3.63) is 29.3 Å². The van der Waals surface area contributed by atoms with Gasteiger partial charge in [0.2, 0.25) is 5.78 Å². The molecule has 0 N–H and O–H groups in total. The Morgan fingerprint density at radius 3 is 2.31 bits per heavy atom. The standard InChI is InChI=1S/C8H2F2O2S/c9-3-1-2-4(10)7-5(3)6(11)8(12)13-7/h1-2H. The van der Waals surface area contributed by atoms with Crippen LogP contribution in [0.3, 0.4) is 0 Å². The van der Waals surface area contributed by atoms with Gasteiger partial charge in [-0.25, -0.2) is 8.78 Å². The highest BCUT2D eigenvalue weighted by atomic mass is 32.2. The summed E-state index contributed by atoms with van der Waals surface area (Å²) in [4.78, 5) is 21.6. The predicted molar refractivity (Wildman–Crippen MR) is 41.6 cm³/mol. The number of Topliss-reactive ketones (excluding diaryl/α,β-unsaturated/α-hetero) is 1. The molecule has 1 heterocycles. The molecule has 0 unspecified atom stereocenters. The summed E-state index contributed by atoms with van der Waals surface area (Å²) in [7, 11) is 0. The molecule has 0 atom stereocenters. The van der Waals surface area contributed by atoms with Gasteiger partial charge in [-0.15, -0.1) is 0 Å². The van der Waals surface area contributed by atoms with Crippen LogP contribution in [0.1, 0.15) is 10.4 Å². The van der Waals surface area contributed by atoms with E-state index in [9.17, 15) is 18.4 Å². The fourth-order valence-electron chi connectivity index (χ4n) is 1.09. The molecule has 1 aliphatic rings. The number of carbonyl (C=O) groups is 2. The van der Waals surface area contributed by atoms with Crippen molar-refractivity contribution in [3.8, 4) is 0 Å². The molecule has 5 heteroatoms. The highest BCUT2D eigenvalue weighted by Gasteiger charge is 2.34. The summed E-state index contributed by atoms with van der Waals surface area (Å²) in [5.74, 6) is -2.54. The van der Waals surface area contributed by atoms with E-state index in [4.69, 9.17) is 0 Å². The average molecular weight is 200 g/mol. The molecule has 0 saturated carbocycles. The van der Waals surface area contributed by atoms with Crippen LogP contribution in [0.4, 0.5) is 8.78 Å². The average Bonchev–Trinajstić information content (AvgIpc) is 2.38. The third kappa shape index (κ3) is 1.07. The molecule has 0 bridgehead atoms. The van der Waals surface area contributed by atoms with Gasteiger partial charge in [-0.05, 0) is 23.9 Å². The first kappa shape index (κ1) is 8.37. The zero-order valence-electron chi connectivity index (χ0n) is 6.14. The van der Waals surface area contributed by atoms with Crippen molar-refractivity contribution in [1.29, 1.82) is 0 Å². The Labute approximate surface area is 75.9 Å². The second-order valence-electron chi connectivity index (χ2n) is 2.45. The van der Waals surface area contributed by atoms with E-state index in [1.165, 1.54) is 0 Å². The molecule has 0 radical (unpaired) electrons. The van der Waals surface area contributed by atoms with Crippen LogP contribution < -0.4 is 0 Å². The molecule has 0 spiro atoms. The lowest BCUT2D eigenvalue weighted by atomic mass is 10.1. The molecule has 0 saturated heterocycles. The van der Waals surface area contributed by atoms with Gasteiger partial charge in [-0.3, -0.25) is 9.59 Å². The van der Waals surface area contributed by atoms with E-state index in [2.05, 4.69) is 0 Å². The molecule has 13 heavy (non-hydrogen) atoms. The van der Waals surface area contributed by atoms with Gasteiger partial charge in [-0.2, -0.15) is 0 Å². The Balaban J connectivity index is 2.75. The van der Waals surface area contributed by atoms with E-state index >= 15 is 0 Å². The summed E-state index contributed by atoms with van der Waals surface area (Å²) in [5, 5.41) is -0.834. The minimum Gasteiger partial charge on any atom is -0.284 e. The van der Waals surface area contributed by atoms with Gasteiger partial charge in [0.25, 0.3) is 5.12 Å². The molecular formula is C8H2F2O2S. The topological polar surface area (TPSA) is 34.1 Å². The molecule has 2 rings (SSSR count). The Bertz CT molecular complexity index is 428. The molecule has 0 aromatic heterocycles. The van der Waals surface area contributed by atoms with Crippen LogP contribution in [-0.4, -0.2) is 10.9 Å². The Morgan fingerprint density at radius 2 is 1.69 bits per heavy atom. The second-order valence-corrected chi connectivity index (χ2v) is 3.44. The summed E-state index contributed by atoms with van der Waals surface area (Å²) in [6.07, 6.45) is 0. The van der Waals surface area contributed by atoms with Crippen molar-refractivity contribution < 1.29 is 18.4 Å². The Kier molecular flexibility index (Phi) is 1.69. The van der Waals surface area contributed by atoms with Crippen LogP contribution in [-0.2, 0) is 4.79 Å². The Morgan fingerprint density at radius 1 is 1.08 bits per heavy atom. The summed E-state index contributed by atoms with van der Waals surface area (Å²) in [5.41, 5.74) is -0.435. The van der Waals surface area contributed by atoms with Crippen molar-refractivity contribution >= 4 is 22.7 Å². The van der Waals surface area contributed by atoms with Crippen molar-refractivity contribution in [3.63, 3.8) is 0 Å². The number of rotatable bonds is 0. The molecule has 2 nitrogen and oxygen atoms in total. The van der Waals surface area contributed by atoms with E-state index in [-0.39, 0.29) is 4.90 Å². The van der Waals surface area contributed by atoms with Crippen LogP contribution in [0.15, 0.2) is 17.0 Å². The number of carbonyl (C=O) groups excluding carboxylic acids is 2. The fraction of sp³-hybridized carbons (Fsp3) is 0. The minimum atomic E-state index is -0.961. The monoisotopic (exact) mass is 200 g/mol. The third-order valence-electron chi connectivity index (χ3n) is 1.67. The molecule has 0 aliphatic carbocycles. The van der Waals surface area contributed by atoms with Crippen molar-refractivity contribution in [2.45, 2.75) is 4.90 Å². The molecule has 0 fully saturated rings. The third-order valence-corrected chi connectivity index (χ3v) is 2.64. The summed E-state index contributed by atoms with van der Waals surface area (Å²) in [6, 6.07) is 1.73. The predicted octanol–water partition coefficient (Wildman–Crippen LogP) is 1.78. The number of hydrogen-bond donors (Lipinski definition) is 0. The lowest BCUT2D eigenvalue weighted by Crippen LogP contribution is -2.04. The van der Waals surface area contributed by atoms with Gasteiger partial charge in [0, 0.05) is 0 Å². The highest BCUT2D eigenvalue weighted by Crippen LogP contribution is 2.35. The summed E-state index contributed by atoms with van der Waals surface area (Å²) < 4.78 is 25.9. The molecule has 0 amide bonds. The highest BCUT2D eigenvalue weighted by molar-refractivity contribution is 8.16. The number of halogens is 2. The summed E-state index contributed by atoms with van der Waals surface area (Å²) in [6.45, 7) is 0. The number of fused-ring (bicyclic) bond motifs is 1. The maximum atomic E-state index is 12.9. The summed E-state index contributed by atoms with van der Waals surface area (Å²) >= 11 is 0.436. The van der Waals surface area contributed by atoms with Crippen LogP contribution in [0.5, 0.6) is 0 Å². The fourth-order valence-corrected chi connectivity index (χ4v) is 1.92. The van der Waals surface area contributed by atoms with E-state index in [1.807, 2.05) is 0 Å². The van der Waals surface area contributed by atoms with Gasteiger partial charge in [0.05, 0.1) is 10.5 Å². The van der Waals surface area contributed by atoms with Gasteiger partial charge >= 0.3 is 0 Å². The second kappa shape index (κ2) is 2.63. The van der Waals surface area contributed by atoms with E-state index in [0.717, 1.165) is 12.1 Å². The normalized spacial score (nSPS) is 14.9. The lowest BCUT2D eigenvalue weighted by molar-refractivity contribution is -0.107. The SMILES string of the molecule is O=C1Sc2c(F)ccc(F)c2C1=O. The number of thioether (sulfide) groups is 1. The van der Waals surface area contributed by atoms with E-state index < -0.39 is 28.1 Å². The number of benzene rings is 1. The minimum absolute atomic E-state index is 0.199. The van der Waals surface area contributed by atoms with Crippen LogP contribution in [0.25, 0.3) is 0 Å². The first-order chi connectivity index (χ1) is 6.11. The maximum absolute atomic E-state index is 12.9. The van der Waals surface area contributed by atoms with Gasteiger partial charge < -0.3 is 0 Å². The lowest BCUT2D eigenvalue weighted by Gasteiger charge is -1.97. The van der Waals surface area contributed by atoms with Crippen molar-refractivity contribution in [1.82, 2.24) is 0 Å². The molecule has 1 aromatic carbocycles.